The van der Waals surface area contributed by atoms with Crippen molar-refractivity contribution in [2.24, 2.45) is 0 Å². The summed E-state index contributed by atoms with van der Waals surface area (Å²) in [5.41, 5.74) is 0. The van der Waals surface area contributed by atoms with Crippen molar-refractivity contribution in [3.8, 4) is 0 Å². The second-order valence-electron chi connectivity index (χ2n) is 3.69. The molecule has 0 aromatic rings. The van der Waals surface area contributed by atoms with Crippen LogP contribution in [0.4, 0.5) is 0 Å². The van der Waals surface area contributed by atoms with Crippen molar-refractivity contribution in [2.75, 3.05) is 13.1 Å². The van der Waals surface area contributed by atoms with E-state index < -0.39 is 6.10 Å². The van der Waals surface area contributed by atoms with Crippen molar-refractivity contribution >= 4 is 5.91 Å². The third-order valence-electron chi connectivity index (χ3n) is 2.51. The monoisotopic (exact) mass is 185 g/mol. The summed E-state index contributed by atoms with van der Waals surface area (Å²) >= 11 is 0. The van der Waals surface area contributed by atoms with E-state index in [4.69, 9.17) is 0 Å². The fourth-order valence-electron chi connectivity index (χ4n) is 1.72. The Hall–Kier alpha value is -0.570. The van der Waals surface area contributed by atoms with Crippen LogP contribution < -0.4 is 0 Å². The lowest BCUT2D eigenvalue weighted by Gasteiger charge is -2.28. The molecule has 1 rings (SSSR count). The van der Waals surface area contributed by atoms with Crippen molar-refractivity contribution in [3.63, 3.8) is 0 Å². The molecule has 1 amide bonds. The molecule has 0 spiro atoms. The lowest BCUT2D eigenvalue weighted by Crippen LogP contribution is -2.42. The van der Waals surface area contributed by atoms with E-state index in [1.807, 2.05) is 6.92 Å². The number of hydrogen-bond acceptors (Lipinski definition) is 2. The molecule has 13 heavy (non-hydrogen) atoms. The molecule has 1 heterocycles. The van der Waals surface area contributed by atoms with E-state index in [0.29, 0.717) is 6.42 Å². The first-order valence-electron chi connectivity index (χ1n) is 5.22. The highest BCUT2D eigenvalue weighted by Crippen LogP contribution is 2.11. The Balaban J connectivity index is 2.36. The normalized spacial score (nSPS) is 20.0. The molecule has 1 atom stereocenters. The van der Waals surface area contributed by atoms with E-state index in [9.17, 15) is 9.90 Å². The van der Waals surface area contributed by atoms with Gasteiger partial charge in [-0.1, -0.05) is 13.3 Å². The topological polar surface area (TPSA) is 40.5 Å². The molecule has 0 aliphatic carbocycles. The summed E-state index contributed by atoms with van der Waals surface area (Å²) in [5.74, 6) is -0.0680. The summed E-state index contributed by atoms with van der Waals surface area (Å²) in [7, 11) is 0. The van der Waals surface area contributed by atoms with Gasteiger partial charge in [0.25, 0.3) is 5.91 Å². The molecule has 1 fully saturated rings. The summed E-state index contributed by atoms with van der Waals surface area (Å²) in [5, 5.41) is 9.48. The third kappa shape index (κ3) is 2.99. The number of rotatable bonds is 3. The van der Waals surface area contributed by atoms with Gasteiger partial charge in [0.2, 0.25) is 0 Å². The summed E-state index contributed by atoms with van der Waals surface area (Å²) in [6.45, 7) is 3.64. The third-order valence-corrected chi connectivity index (χ3v) is 2.51. The zero-order valence-corrected chi connectivity index (χ0v) is 8.33. The molecule has 3 heteroatoms. The van der Waals surface area contributed by atoms with Crippen LogP contribution in [0.2, 0.25) is 0 Å². The summed E-state index contributed by atoms with van der Waals surface area (Å²) in [4.78, 5) is 13.4. The molecular formula is C10H19NO2. The predicted molar refractivity (Wildman–Crippen MR) is 51.3 cm³/mol. The van der Waals surface area contributed by atoms with E-state index >= 15 is 0 Å². The average Bonchev–Trinajstić information content (AvgIpc) is 2.18. The molecule has 1 unspecified atom stereocenters. The number of carbonyl (C=O) groups is 1. The number of aliphatic hydroxyl groups excluding tert-OH is 1. The highest BCUT2D eigenvalue weighted by molar-refractivity contribution is 5.80. The molecular weight excluding hydrogens is 166 g/mol. The highest BCUT2D eigenvalue weighted by Gasteiger charge is 2.22. The molecule has 1 saturated heterocycles. The van der Waals surface area contributed by atoms with Crippen LogP contribution in [0.3, 0.4) is 0 Å². The first kappa shape index (κ1) is 10.5. The van der Waals surface area contributed by atoms with Crippen LogP contribution in [0, 0.1) is 0 Å². The Labute approximate surface area is 79.7 Å². The molecule has 1 N–H and O–H groups in total. The number of likely N-dealkylation sites (tertiary alicyclic amines) is 1. The minimum absolute atomic E-state index is 0.0680. The van der Waals surface area contributed by atoms with E-state index in [-0.39, 0.29) is 5.91 Å². The maximum absolute atomic E-state index is 11.6. The Bertz CT molecular complexity index is 164. The largest absolute Gasteiger partial charge is 0.383 e. The predicted octanol–water partition coefficient (Wildman–Crippen LogP) is 1.16. The van der Waals surface area contributed by atoms with Crippen molar-refractivity contribution in [1.29, 1.82) is 0 Å². The molecule has 0 radical (unpaired) electrons. The van der Waals surface area contributed by atoms with Gasteiger partial charge in [-0.3, -0.25) is 4.79 Å². The van der Waals surface area contributed by atoms with Gasteiger partial charge in [0.15, 0.2) is 0 Å². The minimum Gasteiger partial charge on any atom is -0.383 e. The number of nitrogens with zero attached hydrogens (tertiary/aromatic N) is 1. The standard InChI is InChI=1S/C10H19NO2/c1-2-6-9(12)10(13)11-7-4-3-5-8-11/h9,12H,2-8H2,1H3. The summed E-state index contributed by atoms with van der Waals surface area (Å²) in [6.07, 6.45) is 4.09. The SMILES string of the molecule is CCCC(O)C(=O)N1CCCCC1. The fraction of sp³-hybridized carbons (Fsp3) is 0.900. The highest BCUT2D eigenvalue weighted by atomic mass is 16.3. The van der Waals surface area contributed by atoms with Crippen LogP contribution >= 0.6 is 0 Å². The second kappa shape index (κ2) is 5.22. The van der Waals surface area contributed by atoms with Crippen LogP contribution in [0.25, 0.3) is 0 Å². The lowest BCUT2D eigenvalue weighted by molar-refractivity contribution is -0.141. The smallest absolute Gasteiger partial charge is 0.251 e. The molecule has 0 aromatic heterocycles. The van der Waals surface area contributed by atoms with Gasteiger partial charge in [0, 0.05) is 13.1 Å². The quantitative estimate of drug-likeness (QED) is 0.716. The number of aliphatic hydroxyl groups is 1. The Kier molecular flexibility index (Phi) is 4.22. The Morgan fingerprint density at radius 2 is 2.00 bits per heavy atom. The van der Waals surface area contributed by atoms with E-state index in [0.717, 1.165) is 32.4 Å². The fourth-order valence-corrected chi connectivity index (χ4v) is 1.72. The van der Waals surface area contributed by atoms with E-state index in [1.54, 1.807) is 4.90 Å². The second-order valence-corrected chi connectivity index (χ2v) is 3.69. The van der Waals surface area contributed by atoms with Gasteiger partial charge in [-0.2, -0.15) is 0 Å². The lowest BCUT2D eigenvalue weighted by atomic mass is 10.1. The Morgan fingerprint density at radius 3 is 2.54 bits per heavy atom. The zero-order chi connectivity index (χ0) is 9.68. The minimum atomic E-state index is -0.761. The number of hydrogen-bond donors (Lipinski definition) is 1. The van der Waals surface area contributed by atoms with Gasteiger partial charge in [-0.25, -0.2) is 0 Å². The number of amides is 1. The zero-order valence-electron chi connectivity index (χ0n) is 8.33. The van der Waals surface area contributed by atoms with Crippen LogP contribution in [-0.2, 0) is 4.79 Å². The molecule has 76 valence electrons. The van der Waals surface area contributed by atoms with Crippen molar-refractivity contribution < 1.29 is 9.90 Å². The molecule has 0 saturated carbocycles. The average molecular weight is 185 g/mol. The van der Waals surface area contributed by atoms with Crippen molar-refractivity contribution in [2.45, 2.75) is 45.1 Å². The molecule has 0 bridgehead atoms. The molecule has 0 aromatic carbocycles. The van der Waals surface area contributed by atoms with Crippen LogP contribution in [0.1, 0.15) is 39.0 Å². The van der Waals surface area contributed by atoms with Crippen LogP contribution in [0.5, 0.6) is 0 Å². The summed E-state index contributed by atoms with van der Waals surface area (Å²) < 4.78 is 0. The van der Waals surface area contributed by atoms with Crippen molar-refractivity contribution in [3.05, 3.63) is 0 Å². The van der Waals surface area contributed by atoms with Gasteiger partial charge in [-0.05, 0) is 25.7 Å². The first-order chi connectivity index (χ1) is 6.25. The van der Waals surface area contributed by atoms with E-state index in [2.05, 4.69) is 0 Å². The number of carbonyl (C=O) groups excluding carboxylic acids is 1. The molecule has 1 aliphatic rings. The molecule has 1 aliphatic heterocycles. The van der Waals surface area contributed by atoms with Crippen LogP contribution in [0.15, 0.2) is 0 Å². The molecule has 3 nitrogen and oxygen atoms in total. The maximum Gasteiger partial charge on any atom is 0.251 e. The van der Waals surface area contributed by atoms with E-state index in [1.165, 1.54) is 6.42 Å². The first-order valence-corrected chi connectivity index (χ1v) is 5.22. The van der Waals surface area contributed by atoms with Gasteiger partial charge < -0.3 is 10.0 Å². The van der Waals surface area contributed by atoms with Gasteiger partial charge in [-0.15, -0.1) is 0 Å². The number of piperidine rings is 1. The van der Waals surface area contributed by atoms with Crippen LogP contribution in [-0.4, -0.2) is 35.1 Å². The van der Waals surface area contributed by atoms with Crippen molar-refractivity contribution in [1.82, 2.24) is 4.90 Å². The van der Waals surface area contributed by atoms with Gasteiger partial charge >= 0.3 is 0 Å². The Morgan fingerprint density at radius 1 is 1.38 bits per heavy atom. The van der Waals surface area contributed by atoms with Gasteiger partial charge in [0.1, 0.15) is 6.10 Å². The summed E-state index contributed by atoms with van der Waals surface area (Å²) in [6, 6.07) is 0. The van der Waals surface area contributed by atoms with Gasteiger partial charge in [0.05, 0.1) is 0 Å². The maximum atomic E-state index is 11.6.